The molecule has 0 N–H and O–H groups in total. The third-order valence-corrected chi connectivity index (χ3v) is 3.36. The third kappa shape index (κ3) is 2.68. The number of hydrogen-bond acceptors (Lipinski definition) is 3. The second-order valence-electron chi connectivity index (χ2n) is 4.76. The summed E-state index contributed by atoms with van der Waals surface area (Å²) >= 11 is 3.57. The molecule has 0 unspecified atom stereocenters. The third-order valence-electron chi connectivity index (χ3n) is 2.58. The Hall–Kier alpha value is -0.900. The van der Waals surface area contributed by atoms with Gasteiger partial charge in [0.25, 0.3) is 0 Å². The normalized spacial score (nSPS) is 11.2. The zero-order valence-electron chi connectivity index (χ0n) is 11.2. The smallest absolute Gasteiger partial charge is 0.204 e. The quantitative estimate of drug-likeness (QED) is 0.850. The number of benzene rings is 1. The van der Waals surface area contributed by atoms with Crippen LogP contribution in [0, 0.1) is 0 Å². The van der Waals surface area contributed by atoms with Crippen molar-refractivity contribution in [3.8, 4) is 17.2 Å². The average molecular weight is 303 g/mol. The van der Waals surface area contributed by atoms with Gasteiger partial charge in [-0.25, -0.2) is 0 Å². The molecule has 0 heterocycles. The highest BCUT2D eigenvalue weighted by Gasteiger charge is 2.25. The van der Waals surface area contributed by atoms with Gasteiger partial charge in [-0.3, -0.25) is 0 Å². The molecule has 0 saturated carbocycles. The highest BCUT2D eigenvalue weighted by molar-refractivity contribution is 9.10. The summed E-state index contributed by atoms with van der Waals surface area (Å²) in [6.45, 7) is 6.41. The predicted molar refractivity (Wildman–Crippen MR) is 72.5 cm³/mol. The Bertz CT molecular complexity index is 408. The van der Waals surface area contributed by atoms with Crippen molar-refractivity contribution in [1.29, 1.82) is 0 Å². The summed E-state index contributed by atoms with van der Waals surface area (Å²) in [6.07, 6.45) is 0. The van der Waals surface area contributed by atoms with Gasteiger partial charge in [0.1, 0.15) is 0 Å². The van der Waals surface area contributed by atoms with Crippen LogP contribution in [0.4, 0.5) is 0 Å². The Balaban J connectivity index is 3.57. The van der Waals surface area contributed by atoms with Crippen molar-refractivity contribution in [2.24, 2.45) is 0 Å². The highest BCUT2D eigenvalue weighted by Crippen LogP contribution is 2.47. The van der Waals surface area contributed by atoms with Gasteiger partial charge in [0.05, 0.1) is 25.8 Å². The van der Waals surface area contributed by atoms with E-state index in [1.54, 1.807) is 21.3 Å². The van der Waals surface area contributed by atoms with E-state index in [2.05, 4.69) is 36.7 Å². The van der Waals surface area contributed by atoms with Gasteiger partial charge < -0.3 is 14.2 Å². The van der Waals surface area contributed by atoms with Gasteiger partial charge in [0.15, 0.2) is 11.5 Å². The molecular weight excluding hydrogens is 284 g/mol. The maximum absolute atomic E-state index is 5.39. The molecule has 96 valence electrons. The fourth-order valence-electron chi connectivity index (χ4n) is 1.67. The SMILES string of the molecule is COc1cc(C(C)(C)C)c(Br)c(OC)c1OC. The van der Waals surface area contributed by atoms with E-state index in [1.807, 2.05) is 6.07 Å². The molecule has 1 rings (SSSR count). The van der Waals surface area contributed by atoms with Crippen molar-refractivity contribution in [3.63, 3.8) is 0 Å². The first-order chi connectivity index (χ1) is 7.86. The average Bonchev–Trinajstić information content (AvgIpc) is 2.26. The van der Waals surface area contributed by atoms with Crippen LogP contribution in [-0.2, 0) is 5.41 Å². The maximum atomic E-state index is 5.39. The Kier molecular flexibility index (Phi) is 4.31. The molecule has 1 aromatic rings. The first kappa shape index (κ1) is 14.2. The van der Waals surface area contributed by atoms with E-state index in [-0.39, 0.29) is 5.41 Å². The van der Waals surface area contributed by atoms with Crippen LogP contribution in [-0.4, -0.2) is 21.3 Å². The van der Waals surface area contributed by atoms with Crippen LogP contribution in [0.15, 0.2) is 10.5 Å². The summed E-state index contributed by atoms with van der Waals surface area (Å²) in [4.78, 5) is 0. The van der Waals surface area contributed by atoms with E-state index in [1.165, 1.54) is 0 Å². The van der Waals surface area contributed by atoms with Crippen molar-refractivity contribution < 1.29 is 14.2 Å². The van der Waals surface area contributed by atoms with Crippen LogP contribution in [0.25, 0.3) is 0 Å². The number of halogens is 1. The van der Waals surface area contributed by atoms with E-state index in [0.29, 0.717) is 17.2 Å². The molecule has 0 atom stereocenters. The zero-order valence-corrected chi connectivity index (χ0v) is 12.8. The molecule has 1 aromatic carbocycles. The van der Waals surface area contributed by atoms with Crippen LogP contribution < -0.4 is 14.2 Å². The van der Waals surface area contributed by atoms with Gasteiger partial charge >= 0.3 is 0 Å². The summed E-state index contributed by atoms with van der Waals surface area (Å²) in [5.41, 5.74) is 1.11. The largest absolute Gasteiger partial charge is 0.493 e. The van der Waals surface area contributed by atoms with Crippen LogP contribution >= 0.6 is 15.9 Å². The maximum Gasteiger partial charge on any atom is 0.204 e. The van der Waals surface area contributed by atoms with Crippen LogP contribution in [0.1, 0.15) is 26.3 Å². The molecule has 0 radical (unpaired) electrons. The molecule has 0 aliphatic heterocycles. The van der Waals surface area contributed by atoms with Crippen LogP contribution in [0.2, 0.25) is 0 Å². The first-order valence-corrected chi connectivity index (χ1v) is 6.15. The van der Waals surface area contributed by atoms with Crippen molar-refractivity contribution >= 4 is 15.9 Å². The van der Waals surface area contributed by atoms with Gasteiger partial charge in [0.2, 0.25) is 5.75 Å². The number of methoxy groups -OCH3 is 3. The summed E-state index contributed by atoms with van der Waals surface area (Å²) < 4.78 is 17.0. The lowest BCUT2D eigenvalue weighted by molar-refractivity contribution is 0.321. The van der Waals surface area contributed by atoms with E-state index in [0.717, 1.165) is 10.0 Å². The number of ether oxygens (including phenoxy) is 3. The minimum absolute atomic E-state index is 0.00827. The van der Waals surface area contributed by atoms with E-state index >= 15 is 0 Å². The monoisotopic (exact) mass is 302 g/mol. The Morgan fingerprint density at radius 3 is 1.82 bits per heavy atom. The van der Waals surface area contributed by atoms with Gasteiger partial charge in [-0.1, -0.05) is 20.8 Å². The van der Waals surface area contributed by atoms with Gasteiger partial charge in [-0.15, -0.1) is 0 Å². The van der Waals surface area contributed by atoms with Crippen molar-refractivity contribution in [3.05, 3.63) is 16.1 Å². The molecule has 0 fully saturated rings. The molecule has 0 saturated heterocycles. The predicted octanol–water partition coefficient (Wildman–Crippen LogP) is 3.77. The molecule has 0 aliphatic rings. The van der Waals surface area contributed by atoms with Crippen LogP contribution in [0.5, 0.6) is 17.2 Å². The van der Waals surface area contributed by atoms with E-state index < -0.39 is 0 Å². The standard InChI is InChI=1S/C13H19BrO3/c1-13(2,3)8-7-9(15-4)11(16-5)12(17-6)10(8)14/h7H,1-6H3. The fraction of sp³-hybridized carbons (Fsp3) is 0.538. The van der Waals surface area contributed by atoms with E-state index in [4.69, 9.17) is 14.2 Å². The fourth-order valence-corrected chi connectivity index (χ4v) is 2.72. The molecule has 4 heteroatoms. The highest BCUT2D eigenvalue weighted by atomic mass is 79.9. The summed E-state index contributed by atoms with van der Waals surface area (Å²) in [5.74, 6) is 1.95. The Morgan fingerprint density at radius 2 is 1.47 bits per heavy atom. The molecule has 17 heavy (non-hydrogen) atoms. The number of hydrogen-bond donors (Lipinski definition) is 0. The minimum atomic E-state index is -0.00827. The number of rotatable bonds is 3. The molecule has 0 spiro atoms. The summed E-state index contributed by atoms with van der Waals surface area (Å²) in [6, 6.07) is 1.98. The van der Waals surface area contributed by atoms with Crippen molar-refractivity contribution in [1.82, 2.24) is 0 Å². The van der Waals surface area contributed by atoms with E-state index in [9.17, 15) is 0 Å². The second kappa shape index (κ2) is 5.17. The molecule has 0 amide bonds. The molecule has 0 aromatic heterocycles. The zero-order chi connectivity index (χ0) is 13.2. The van der Waals surface area contributed by atoms with Crippen molar-refractivity contribution in [2.45, 2.75) is 26.2 Å². The minimum Gasteiger partial charge on any atom is -0.493 e. The van der Waals surface area contributed by atoms with Gasteiger partial charge in [-0.2, -0.15) is 0 Å². The topological polar surface area (TPSA) is 27.7 Å². The Morgan fingerprint density at radius 1 is 0.941 bits per heavy atom. The molecule has 3 nitrogen and oxygen atoms in total. The second-order valence-corrected chi connectivity index (χ2v) is 5.55. The molecule has 0 bridgehead atoms. The van der Waals surface area contributed by atoms with Crippen molar-refractivity contribution in [2.75, 3.05) is 21.3 Å². The van der Waals surface area contributed by atoms with Gasteiger partial charge in [-0.05, 0) is 33.0 Å². The Labute approximate surface area is 111 Å². The van der Waals surface area contributed by atoms with Crippen LogP contribution in [0.3, 0.4) is 0 Å². The lowest BCUT2D eigenvalue weighted by Gasteiger charge is -2.24. The lowest BCUT2D eigenvalue weighted by atomic mass is 9.86. The molecule has 0 aliphatic carbocycles. The summed E-state index contributed by atoms with van der Waals surface area (Å²) in [7, 11) is 4.84. The summed E-state index contributed by atoms with van der Waals surface area (Å²) in [5, 5.41) is 0. The van der Waals surface area contributed by atoms with Gasteiger partial charge in [0, 0.05) is 0 Å². The lowest BCUT2D eigenvalue weighted by Crippen LogP contribution is -2.13. The first-order valence-electron chi connectivity index (χ1n) is 5.35. The molecular formula is C13H19BrO3.